The number of unbranched alkanes of at least 4 members (excludes halogenated alkanes) is 4. The van der Waals surface area contributed by atoms with Gasteiger partial charge in [-0.3, -0.25) is 9.59 Å². The Morgan fingerprint density at radius 1 is 0.906 bits per heavy atom. The Bertz CT molecular complexity index is 874. The Morgan fingerprint density at radius 3 is 2.28 bits per heavy atom. The quantitative estimate of drug-likeness (QED) is 0.534. The summed E-state index contributed by atoms with van der Waals surface area (Å²) in [5, 5.41) is 2.93. The van der Waals surface area contributed by atoms with E-state index < -0.39 is 0 Å². The first-order chi connectivity index (χ1) is 15.6. The Morgan fingerprint density at radius 2 is 1.59 bits per heavy atom. The first-order valence-corrected chi connectivity index (χ1v) is 11.7. The lowest BCUT2D eigenvalue weighted by molar-refractivity contribution is -0.131. The highest BCUT2D eigenvalue weighted by Gasteiger charge is 2.21. The monoisotopic (exact) mass is 437 g/mol. The molecule has 32 heavy (non-hydrogen) atoms. The van der Waals surface area contributed by atoms with Crippen LogP contribution in [0.15, 0.2) is 48.5 Å². The van der Waals surface area contributed by atoms with Crippen molar-refractivity contribution in [2.45, 2.75) is 45.4 Å². The summed E-state index contributed by atoms with van der Waals surface area (Å²) in [7, 11) is 1.56. The van der Waals surface area contributed by atoms with E-state index in [0.717, 1.165) is 50.4 Å². The summed E-state index contributed by atoms with van der Waals surface area (Å²) in [5.74, 6) is 0.641. The fourth-order valence-corrected chi connectivity index (χ4v) is 4.04. The van der Waals surface area contributed by atoms with Crippen molar-refractivity contribution in [3.63, 3.8) is 0 Å². The lowest BCUT2D eigenvalue weighted by Gasteiger charge is -2.36. The fourth-order valence-electron chi connectivity index (χ4n) is 4.04. The standard InChI is InChI=1S/C26H35N3O3/c1-3-4-5-6-7-12-25(30)29-19-17-28(18-20-29)22-15-13-21(14-16-22)27-26(31)23-10-8-9-11-24(23)32-2/h8-11,13-16H,3-7,12,17-20H2,1-2H3,(H,27,31). The third-order valence-electron chi connectivity index (χ3n) is 5.97. The molecule has 3 rings (SSSR count). The van der Waals surface area contributed by atoms with Crippen molar-refractivity contribution >= 4 is 23.2 Å². The van der Waals surface area contributed by atoms with Crippen molar-refractivity contribution < 1.29 is 14.3 Å². The molecule has 0 bridgehead atoms. The molecular formula is C26H35N3O3. The molecule has 6 nitrogen and oxygen atoms in total. The Labute approximate surface area is 191 Å². The van der Waals surface area contributed by atoms with Crippen LogP contribution in [-0.2, 0) is 4.79 Å². The largest absolute Gasteiger partial charge is 0.496 e. The molecule has 1 N–H and O–H groups in total. The Hall–Kier alpha value is -3.02. The second-order valence-corrected chi connectivity index (χ2v) is 8.23. The predicted molar refractivity (Wildman–Crippen MR) is 130 cm³/mol. The van der Waals surface area contributed by atoms with E-state index in [9.17, 15) is 9.59 Å². The summed E-state index contributed by atoms with van der Waals surface area (Å²) < 4.78 is 5.27. The van der Waals surface area contributed by atoms with Gasteiger partial charge in [-0.1, -0.05) is 44.7 Å². The zero-order chi connectivity index (χ0) is 22.8. The van der Waals surface area contributed by atoms with Crippen LogP contribution in [0.1, 0.15) is 55.8 Å². The smallest absolute Gasteiger partial charge is 0.259 e. The van der Waals surface area contributed by atoms with Gasteiger partial charge >= 0.3 is 0 Å². The Balaban J connectivity index is 1.46. The van der Waals surface area contributed by atoms with Crippen LogP contribution in [0.25, 0.3) is 0 Å². The molecule has 1 saturated heterocycles. The molecule has 1 fully saturated rings. The van der Waals surface area contributed by atoms with Crippen LogP contribution >= 0.6 is 0 Å². The van der Waals surface area contributed by atoms with Crippen LogP contribution in [0.3, 0.4) is 0 Å². The number of carbonyl (C=O) groups excluding carboxylic acids is 2. The highest BCUT2D eigenvalue weighted by atomic mass is 16.5. The number of anilines is 2. The van der Waals surface area contributed by atoms with Gasteiger partial charge in [-0.25, -0.2) is 0 Å². The first kappa shape index (κ1) is 23.6. The van der Waals surface area contributed by atoms with Crippen LogP contribution in [0.5, 0.6) is 5.75 Å². The minimum atomic E-state index is -0.197. The van der Waals surface area contributed by atoms with Gasteiger partial charge in [0.1, 0.15) is 5.75 Å². The maximum atomic E-state index is 12.6. The van der Waals surface area contributed by atoms with E-state index in [4.69, 9.17) is 4.74 Å². The van der Waals surface area contributed by atoms with E-state index in [2.05, 4.69) is 17.1 Å². The number of rotatable bonds is 10. The molecule has 0 saturated carbocycles. The van der Waals surface area contributed by atoms with Gasteiger partial charge in [-0.05, 0) is 42.8 Å². The van der Waals surface area contributed by atoms with E-state index in [1.807, 2.05) is 41.3 Å². The molecule has 1 heterocycles. The third-order valence-corrected chi connectivity index (χ3v) is 5.97. The molecule has 0 radical (unpaired) electrons. The molecule has 0 aliphatic carbocycles. The maximum Gasteiger partial charge on any atom is 0.259 e. The zero-order valence-corrected chi connectivity index (χ0v) is 19.3. The van der Waals surface area contributed by atoms with Gasteiger partial charge in [0.2, 0.25) is 5.91 Å². The molecular weight excluding hydrogens is 402 g/mol. The zero-order valence-electron chi connectivity index (χ0n) is 19.3. The third kappa shape index (κ3) is 6.49. The number of piperazine rings is 1. The van der Waals surface area contributed by atoms with Gasteiger partial charge in [-0.2, -0.15) is 0 Å². The van der Waals surface area contributed by atoms with Gasteiger partial charge in [0.05, 0.1) is 12.7 Å². The highest BCUT2D eigenvalue weighted by molar-refractivity contribution is 6.06. The first-order valence-electron chi connectivity index (χ1n) is 11.7. The number of hydrogen-bond acceptors (Lipinski definition) is 4. The molecule has 0 spiro atoms. The summed E-state index contributed by atoms with van der Waals surface area (Å²) in [6, 6.07) is 15.0. The fraction of sp³-hybridized carbons (Fsp3) is 0.462. The number of nitrogens with zero attached hydrogens (tertiary/aromatic N) is 2. The van der Waals surface area contributed by atoms with Crippen molar-refractivity contribution in [1.82, 2.24) is 4.90 Å². The van der Waals surface area contributed by atoms with Crippen molar-refractivity contribution in [3.05, 3.63) is 54.1 Å². The van der Waals surface area contributed by atoms with Crippen LogP contribution in [-0.4, -0.2) is 50.0 Å². The summed E-state index contributed by atoms with van der Waals surface area (Å²) in [6.07, 6.45) is 6.54. The van der Waals surface area contributed by atoms with Crippen LogP contribution in [0.2, 0.25) is 0 Å². The highest BCUT2D eigenvalue weighted by Crippen LogP contribution is 2.22. The molecule has 6 heteroatoms. The molecule has 1 aliphatic rings. The van der Waals surface area contributed by atoms with E-state index in [-0.39, 0.29) is 11.8 Å². The van der Waals surface area contributed by atoms with Crippen LogP contribution < -0.4 is 15.0 Å². The lowest BCUT2D eigenvalue weighted by Crippen LogP contribution is -2.48. The number of amides is 2. The second kappa shape index (κ2) is 12.1. The van der Waals surface area contributed by atoms with E-state index in [0.29, 0.717) is 17.7 Å². The molecule has 1 aliphatic heterocycles. The number of carbonyl (C=O) groups is 2. The molecule has 2 aromatic rings. The Kier molecular flexibility index (Phi) is 8.96. The van der Waals surface area contributed by atoms with Crippen molar-refractivity contribution in [2.24, 2.45) is 0 Å². The average molecular weight is 438 g/mol. The van der Waals surface area contributed by atoms with Crippen LogP contribution in [0.4, 0.5) is 11.4 Å². The molecule has 0 atom stereocenters. The van der Waals surface area contributed by atoms with E-state index in [1.54, 1.807) is 19.2 Å². The minimum Gasteiger partial charge on any atom is -0.496 e. The van der Waals surface area contributed by atoms with Crippen molar-refractivity contribution in [2.75, 3.05) is 43.5 Å². The summed E-state index contributed by atoms with van der Waals surface area (Å²) in [4.78, 5) is 29.3. The van der Waals surface area contributed by atoms with Gasteiger partial charge in [0.25, 0.3) is 5.91 Å². The lowest BCUT2D eigenvalue weighted by atomic mass is 10.1. The number of para-hydroxylation sites is 1. The summed E-state index contributed by atoms with van der Waals surface area (Å²) >= 11 is 0. The number of nitrogens with one attached hydrogen (secondary N) is 1. The maximum absolute atomic E-state index is 12.6. The van der Waals surface area contributed by atoms with Gasteiger partial charge in [0, 0.05) is 44.0 Å². The van der Waals surface area contributed by atoms with Gasteiger partial charge < -0.3 is 19.9 Å². The average Bonchev–Trinajstić information content (AvgIpc) is 2.84. The minimum absolute atomic E-state index is 0.197. The number of benzene rings is 2. The summed E-state index contributed by atoms with van der Waals surface area (Å²) in [5.41, 5.74) is 2.35. The molecule has 0 aromatic heterocycles. The van der Waals surface area contributed by atoms with E-state index in [1.165, 1.54) is 19.3 Å². The van der Waals surface area contributed by atoms with Gasteiger partial charge in [0.15, 0.2) is 0 Å². The van der Waals surface area contributed by atoms with Crippen LogP contribution in [0, 0.1) is 0 Å². The normalized spacial score (nSPS) is 13.7. The topological polar surface area (TPSA) is 61.9 Å². The summed E-state index contributed by atoms with van der Waals surface area (Å²) in [6.45, 7) is 5.39. The van der Waals surface area contributed by atoms with Gasteiger partial charge in [-0.15, -0.1) is 0 Å². The molecule has 2 aromatic carbocycles. The predicted octanol–water partition coefficient (Wildman–Crippen LogP) is 4.96. The number of methoxy groups -OCH3 is 1. The van der Waals surface area contributed by atoms with Crippen molar-refractivity contribution in [1.29, 1.82) is 0 Å². The number of ether oxygens (including phenoxy) is 1. The molecule has 2 amide bonds. The molecule has 0 unspecified atom stereocenters. The number of hydrogen-bond donors (Lipinski definition) is 1. The van der Waals surface area contributed by atoms with Crippen molar-refractivity contribution in [3.8, 4) is 5.75 Å². The SMILES string of the molecule is CCCCCCCC(=O)N1CCN(c2ccc(NC(=O)c3ccccc3OC)cc2)CC1. The van der Waals surface area contributed by atoms with E-state index >= 15 is 0 Å². The second-order valence-electron chi connectivity index (χ2n) is 8.23. The molecule has 172 valence electrons.